The summed E-state index contributed by atoms with van der Waals surface area (Å²) in [6.07, 6.45) is 10.3. The molecule has 0 N–H and O–H groups in total. The molecule has 0 saturated heterocycles. The van der Waals surface area contributed by atoms with Crippen molar-refractivity contribution in [2.45, 2.75) is 78.2 Å². The molecule has 3 nitrogen and oxygen atoms in total. The van der Waals surface area contributed by atoms with Gasteiger partial charge in [0.25, 0.3) is 0 Å². The van der Waals surface area contributed by atoms with E-state index in [0.29, 0.717) is 6.61 Å². The van der Waals surface area contributed by atoms with Crippen LogP contribution in [-0.4, -0.2) is 25.3 Å². The van der Waals surface area contributed by atoms with Crippen LogP contribution in [0.3, 0.4) is 0 Å². The maximum atomic E-state index is 10.7. The van der Waals surface area contributed by atoms with Gasteiger partial charge in [0.15, 0.2) is 0 Å². The van der Waals surface area contributed by atoms with Crippen LogP contribution < -0.4 is 0 Å². The lowest BCUT2D eigenvalue weighted by molar-refractivity contribution is -0.148. The van der Waals surface area contributed by atoms with Gasteiger partial charge < -0.3 is 9.47 Å². The zero-order valence-electron chi connectivity index (χ0n) is 12.4. The Morgan fingerprint density at radius 1 is 1.00 bits per heavy atom. The van der Waals surface area contributed by atoms with Gasteiger partial charge in [0.2, 0.25) is 0 Å². The molecule has 0 radical (unpaired) electrons. The van der Waals surface area contributed by atoms with Gasteiger partial charge in [-0.25, -0.2) is 0 Å². The summed E-state index contributed by atoms with van der Waals surface area (Å²) in [6.45, 7) is 6.81. The average molecular weight is 258 g/mol. The fraction of sp³-hybridized carbons (Fsp3) is 0.933. The number of rotatable bonds is 12. The maximum absolute atomic E-state index is 10.7. The van der Waals surface area contributed by atoms with E-state index in [4.69, 9.17) is 9.47 Å². The van der Waals surface area contributed by atoms with Crippen molar-refractivity contribution in [1.29, 1.82) is 0 Å². The van der Waals surface area contributed by atoms with E-state index in [1.54, 1.807) is 0 Å². The van der Waals surface area contributed by atoms with Crippen LogP contribution in [0.4, 0.5) is 0 Å². The Hall–Kier alpha value is -0.570. The number of carbonyl (C=O) groups is 1. The molecule has 1 unspecified atom stereocenters. The Morgan fingerprint density at radius 3 is 2.11 bits per heavy atom. The molecular weight excluding hydrogens is 228 g/mol. The third-order valence-corrected chi connectivity index (χ3v) is 2.86. The summed E-state index contributed by atoms with van der Waals surface area (Å²) in [5.74, 6) is -0.238. The highest BCUT2D eigenvalue weighted by Gasteiger charge is 2.04. The Labute approximate surface area is 112 Å². The Morgan fingerprint density at radius 2 is 1.56 bits per heavy atom. The minimum Gasteiger partial charge on any atom is -0.460 e. The summed E-state index contributed by atoms with van der Waals surface area (Å²) in [5.41, 5.74) is 0. The number of hydrogen-bond donors (Lipinski definition) is 0. The molecule has 0 amide bonds. The van der Waals surface area contributed by atoms with Crippen LogP contribution in [0.1, 0.15) is 72.1 Å². The SMILES string of the molecule is CCCCCCCCCCOCC(C)OC(C)=O. The highest BCUT2D eigenvalue weighted by molar-refractivity contribution is 5.66. The molecule has 0 bridgehead atoms. The monoisotopic (exact) mass is 258 g/mol. The zero-order valence-corrected chi connectivity index (χ0v) is 12.4. The first-order valence-corrected chi connectivity index (χ1v) is 7.41. The average Bonchev–Trinajstić information content (AvgIpc) is 2.30. The van der Waals surface area contributed by atoms with Crippen LogP contribution in [0.25, 0.3) is 0 Å². The van der Waals surface area contributed by atoms with Crippen molar-refractivity contribution in [1.82, 2.24) is 0 Å². The second-order valence-electron chi connectivity index (χ2n) is 4.97. The van der Waals surface area contributed by atoms with E-state index in [1.807, 2.05) is 6.92 Å². The van der Waals surface area contributed by atoms with E-state index in [9.17, 15) is 4.79 Å². The van der Waals surface area contributed by atoms with Crippen LogP contribution >= 0.6 is 0 Å². The molecule has 0 spiro atoms. The molecule has 108 valence electrons. The molecule has 0 aromatic rings. The van der Waals surface area contributed by atoms with Gasteiger partial charge in [-0.15, -0.1) is 0 Å². The Kier molecular flexibility index (Phi) is 12.5. The van der Waals surface area contributed by atoms with Gasteiger partial charge in [0.05, 0.1) is 6.61 Å². The predicted octanol–water partition coefficient (Wildman–Crippen LogP) is 4.10. The largest absolute Gasteiger partial charge is 0.460 e. The van der Waals surface area contributed by atoms with Gasteiger partial charge in [-0.05, 0) is 13.3 Å². The van der Waals surface area contributed by atoms with E-state index in [0.717, 1.165) is 13.0 Å². The summed E-state index contributed by atoms with van der Waals surface area (Å²) in [5, 5.41) is 0. The van der Waals surface area contributed by atoms with Crippen molar-refractivity contribution in [2.75, 3.05) is 13.2 Å². The first kappa shape index (κ1) is 17.4. The molecule has 0 saturated carbocycles. The summed E-state index contributed by atoms with van der Waals surface area (Å²) >= 11 is 0. The van der Waals surface area contributed by atoms with Crippen molar-refractivity contribution in [3.8, 4) is 0 Å². The minimum atomic E-state index is -0.238. The van der Waals surface area contributed by atoms with Crippen molar-refractivity contribution >= 4 is 5.97 Å². The number of unbranched alkanes of at least 4 members (excludes halogenated alkanes) is 7. The van der Waals surface area contributed by atoms with Gasteiger partial charge in [0, 0.05) is 13.5 Å². The molecule has 0 aliphatic carbocycles. The van der Waals surface area contributed by atoms with Crippen LogP contribution in [0.5, 0.6) is 0 Å². The molecule has 0 fully saturated rings. The molecule has 3 heteroatoms. The van der Waals surface area contributed by atoms with Crippen molar-refractivity contribution in [3.05, 3.63) is 0 Å². The van der Waals surface area contributed by atoms with Crippen LogP contribution in [0, 0.1) is 0 Å². The van der Waals surface area contributed by atoms with E-state index in [-0.39, 0.29) is 12.1 Å². The van der Waals surface area contributed by atoms with E-state index in [2.05, 4.69) is 6.92 Å². The van der Waals surface area contributed by atoms with Gasteiger partial charge >= 0.3 is 5.97 Å². The molecule has 0 aromatic heterocycles. The van der Waals surface area contributed by atoms with E-state index >= 15 is 0 Å². The molecule has 0 aliphatic heterocycles. The first-order chi connectivity index (χ1) is 8.66. The highest BCUT2D eigenvalue weighted by atomic mass is 16.6. The lowest BCUT2D eigenvalue weighted by Crippen LogP contribution is -2.18. The number of ether oxygens (including phenoxy) is 2. The second kappa shape index (κ2) is 12.9. The number of esters is 1. The van der Waals surface area contributed by atoms with Gasteiger partial charge in [-0.1, -0.05) is 51.9 Å². The van der Waals surface area contributed by atoms with Crippen molar-refractivity contribution in [3.63, 3.8) is 0 Å². The Balaban J connectivity index is 3.09. The van der Waals surface area contributed by atoms with Crippen LogP contribution in [-0.2, 0) is 14.3 Å². The van der Waals surface area contributed by atoms with E-state index < -0.39 is 0 Å². The predicted molar refractivity (Wildman–Crippen MR) is 74.7 cm³/mol. The highest BCUT2D eigenvalue weighted by Crippen LogP contribution is 2.08. The maximum Gasteiger partial charge on any atom is 0.302 e. The molecular formula is C15H30O3. The summed E-state index contributed by atoms with van der Waals surface area (Å²) in [4.78, 5) is 10.7. The Bertz CT molecular complexity index is 192. The lowest BCUT2D eigenvalue weighted by Gasteiger charge is -2.11. The summed E-state index contributed by atoms with van der Waals surface area (Å²) < 4.78 is 10.4. The lowest BCUT2D eigenvalue weighted by atomic mass is 10.1. The van der Waals surface area contributed by atoms with Crippen molar-refractivity contribution < 1.29 is 14.3 Å². The fourth-order valence-electron chi connectivity index (χ4n) is 1.90. The second-order valence-corrected chi connectivity index (χ2v) is 4.97. The van der Waals surface area contributed by atoms with Crippen LogP contribution in [0.15, 0.2) is 0 Å². The first-order valence-electron chi connectivity index (χ1n) is 7.41. The molecule has 1 atom stereocenters. The third kappa shape index (κ3) is 13.5. The molecule has 0 aliphatic rings. The number of carbonyl (C=O) groups excluding carboxylic acids is 1. The molecule has 0 heterocycles. The van der Waals surface area contributed by atoms with Crippen LogP contribution in [0.2, 0.25) is 0 Å². The smallest absolute Gasteiger partial charge is 0.302 e. The summed E-state index contributed by atoms with van der Waals surface area (Å²) in [7, 11) is 0. The molecule has 0 aromatic carbocycles. The third-order valence-electron chi connectivity index (χ3n) is 2.86. The zero-order chi connectivity index (χ0) is 13.6. The van der Waals surface area contributed by atoms with E-state index in [1.165, 1.54) is 51.9 Å². The number of hydrogen-bond acceptors (Lipinski definition) is 3. The topological polar surface area (TPSA) is 35.5 Å². The molecule has 0 rings (SSSR count). The van der Waals surface area contributed by atoms with Gasteiger partial charge in [0.1, 0.15) is 6.10 Å². The minimum absolute atomic E-state index is 0.128. The fourth-order valence-corrected chi connectivity index (χ4v) is 1.90. The molecule has 18 heavy (non-hydrogen) atoms. The quantitative estimate of drug-likeness (QED) is 0.390. The summed E-state index contributed by atoms with van der Waals surface area (Å²) in [6, 6.07) is 0. The van der Waals surface area contributed by atoms with Gasteiger partial charge in [-0.3, -0.25) is 4.79 Å². The normalized spacial score (nSPS) is 12.4. The standard InChI is InChI=1S/C15H30O3/c1-4-5-6-7-8-9-10-11-12-17-13-14(2)18-15(3)16/h14H,4-13H2,1-3H3. The van der Waals surface area contributed by atoms with Gasteiger partial charge in [-0.2, -0.15) is 0 Å². The van der Waals surface area contributed by atoms with Crippen molar-refractivity contribution in [2.24, 2.45) is 0 Å².